The van der Waals surface area contributed by atoms with Crippen LogP contribution in [0.3, 0.4) is 0 Å². The Bertz CT molecular complexity index is 1080. The van der Waals surface area contributed by atoms with E-state index < -0.39 is 0 Å². The number of carbonyl (C=O) groups excluding carboxylic acids is 2. The quantitative estimate of drug-likeness (QED) is 0.405. The number of hydrogen-bond acceptors (Lipinski definition) is 4. The molecule has 0 fully saturated rings. The Morgan fingerprint density at radius 2 is 1.56 bits per heavy atom. The van der Waals surface area contributed by atoms with Gasteiger partial charge < -0.3 is 10.1 Å². The molecule has 0 aliphatic carbocycles. The summed E-state index contributed by atoms with van der Waals surface area (Å²) in [5.41, 5.74) is 3.84. The highest BCUT2D eigenvalue weighted by Crippen LogP contribution is 2.32. The number of hydrogen-bond donors (Lipinski definition) is 1. The van der Waals surface area contributed by atoms with Crippen molar-refractivity contribution in [3.8, 4) is 5.75 Å². The van der Waals surface area contributed by atoms with Crippen LogP contribution < -0.4 is 15.0 Å². The van der Waals surface area contributed by atoms with Gasteiger partial charge in [-0.3, -0.25) is 14.5 Å². The number of ether oxygens (including phenoxy) is 1. The number of methoxy groups -OCH3 is 1. The van der Waals surface area contributed by atoms with Crippen molar-refractivity contribution in [2.75, 3.05) is 17.3 Å². The lowest BCUT2D eigenvalue weighted by atomic mass is 9.92. The minimum atomic E-state index is -0.337. The Labute approximate surface area is 202 Å². The van der Waals surface area contributed by atoms with E-state index in [2.05, 4.69) is 38.0 Å². The molecule has 0 saturated carbocycles. The Balaban J connectivity index is 1.82. The van der Waals surface area contributed by atoms with Crippen LogP contribution in [0.4, 0.5) is 11.5 Å². The maximum absolute atomic E-state index is 13.3. The number of anilines is 2. The molecule has 6 heteroatoms. The second kappa shape index (κ2) is 11.5. The maximum Gasteiger partial charge on any atom is 0.237 e. The summed E-state index contributed by atoms with van der Waals surface area (Å²) in [6.07, 6.45) is 1.36. The summed E-state index contributed by atoms with van der Waals surface area (Å²) in [6.45, 7) is 8.68. The van der Waals surface area contributed by atoms with Gasteiger partial charge in [0.25, 0.3) is 0 Å². The highest BCUT2D eigenvalue weighted by molar-refractivity contribution is 6.09. The van der Waals surface area contributed by atoms with Gasteiger partial charge in [-0.2, -0.15) is 0 Å². The first-order valence-corrected chi connectivity index (χ1v) is 11.6. The lowest BCUT2D eigenvalue weighted by Gasteiger charge is -2.23. The molecule has 0 bridgehead atoms. The number of amides is 2. The molecule has 0 radical (unpaired) electrons. The number of para-hydroxylation sites is 1. The SMILES string of the molecule is COc1ccc(CN(C(=O)CC(=O)Nc2c(C(C)C)cccc2C(C)C)c2ccccn2)cc1. The fraction of sp³-hybridized carbons (Fsp3) is 0.321. The molecule has 6 nitrogen and oxygen atoms in total. The van der Waals surface area contributed by atoms with Crippen molar-refractivity contribution >= 4 is 23.3 Å². The van der Waals surface area contributed by atoms with Gasteiger partial charge in [0, 0.05) is 11.9 Å². The number of carbonyl (C=O) groups is 2. The van der Waals surface area contributed by atoms with Crippen LogP contribution in [0.25, 0.3) is 0 Å². The van der Waals surface area contributed by atoms with Crippen LogP contribution in [-0.2, 0) is 16.1 Å². The van der Waals surface area contributed by atoms with Gasteiger partial charge in [0.2, 0.25) is 11.8 Å². The highest BCUT2D eigenvalue weighted by atomic mass is 16.5. The van der Waals surface area contributed by atoms with Gasteiger partial charge in [0.15, 0.2) is 0 Å². The number of rotatable bonds is 9. The third kappa shape index (κ3) is 6.22. The van der Waals surface area contributed by atoms with Crippen molar-refractivity contribution in [3.05, 3.63) is 83.6 Å². The normalized spacial score (nSPS) is 10.9. The summed E-state index contributed by atoms with van der Waals surface area (Å²) in [6, 6.07) is 18.9. The first-order chi connectivity index (χ1) is 16.3. The van der Waals surface area contributed by atoms with Gasteiger partial charge in [-0.15, -0.1) is 0 Å². The second-order valence-electron chi connectivity index (χ2n) is 8.86. The predicted octanol–water partition coefficient (Wildman–Crippen LogP) is 5.90. The summed E-state index contributed by atoms with van der Waals surface area (Å²) >= 11 is 0. The van der Waals surface area contributed by atoms with E-state index in [0.29, 0.717) is 12.4 Å². The lowest BCUT2D eigenvalue weighted by molar-refractivity contribution is -0.125. The van der Waals surface area contributed by atoms with Crippen molar-refractivity contribution < 1.29 is 14.3 Å². The van der Waals surface area contributed by atoms with Crippen molar-refractivity contribution in [1.82, 2.24) is 4.98 Å². The molecule has 34 heavy (non-hydrogen) atoms. The molecule has 0 unspecified atom stereocenters. The number of aromatic nitrogens is 1. The second-order valence-corrected chi connectivity index (χ2v) is 8.86. The summed E-state index contributed by atoms with van der Waals surface area (Å²) in [5.74, 6) is 1.07. The maximum atomic E-state index is 13.3. The Hall–Kier alpha value is -3.67. The van der Waals surface area contributed by atoms with Crippen LogP contribution in [0.1, 0.15) is 62.6 Å². The van der Waals surface area contributed by atoms with Crippen LogP contribution >= 0.6 is 0 Å². The van der Waals surface area contributed by atoms with E-state index in [0.717, 1.165) is 28.1 Å². The molecule has 0 atom stereocenters. The summed E-state index contributed by atoms with van der Waals surface area (Å²) < 4.78 is 5.22. The molecule has 0 aliphatic rings. The standard InChI is InChI=1S/C28H33N3O3/c1-19(2)23-9-8-10-24(20(3)4)28(23)30-26(32)17-27(33)31(25-11-6-7-16-29-25)18-21-12-14-22(34-5)15-13-21/h6-16,19-20H,17-18H2,1-5H3,(H,30,32). The largest absolute Gasteiger partial charge is 0.497 e. The molecule has 1 aromatic heterocycles. The van der Waals surface area contributed by atoms with Crippen molar-refractivity contribution in [3.63, 3.8) is 0 Å². The Morgan fingerprint density at radius 1 is 0.912 bits per heavy atom. The van der Waals surface area contributed by atoms with Gasteiger partial charge in [-0.25, -0.2) is 4.98 Å². The minimum absolute atomic E-state index is 0.241. The molecular weight excluding hydrogens is 426 g/mol. The summed E-state index contributed by atoms with van der Waals surface area (Å²) in [4.78, 5) is 32.2. The molecule has 0 saturated heterocycles. The van der Waals surface area contributed by atoms with E-state index in [1.807, 2.05) is 48.5 Å². The van der Waals surface area contributed by atoms with Crippen LogP contribution in [0, 0.1) is 0 Å². The fourth-order valence-electron chi connectivity index (χ4n) is 3.84. The van der Waals surface area contributed by atoms with Gasteiger partial charge in [-0.1, -0.05) is 64.1 Å². The lowest BCUT2D eigenvalue weighted by Crippen LogP contribution is -2.34. The molecule has 1 heterocycles. The Kier molecular flexibility index (Phi) is 8.41. The molecule has 3 rings (SSSR count). The smallest absolute Gasteiger partial charge is 0.237 e. The first kappa shape index (κ1) is 25.0. The minimum Gasteiger partial charge on any atom is -0.497 e. The van der Waals surface area contributed by atoms with E-state index >= 15 is 0 Å². The first-order valence-electron chi connectivity index (χ1n) is 11.6. The van der Waals surface area contributed by atoms with Crippen molar-refractivity contribution in [2.24, 2.45) is 0 Å². The van der Waals surface area contributed by atoms with E-state index in [1.54, 1.807) is 30.3 Å². The number of nitrogens with zero attached hydrogens (tertiary/aromatic N) is 2. The number of pyridine rings is 1. The topological polar surface area (TPSA) is 71.5 Å². The average molecular weight is 460 g/mol. The zero-order chi connectivity index (χ0) is 24.7. The monoisotopic (exact) mass is 459 g/mol. The highest BCUT2D eigenvalue weighted by Gasteiger charge is 2.22. The summed E-state index contributed by atoms with van der Waals surface area (Å²) in [7, 11) is 1.61. The molecule has 178 valence electrons. The van der Waals surface area contributed by atoms with Crippen molar-refractivity contribution in [1.29, 1.82) is 0 Å². The average Bonchev–Trinajstić information content (AvgIpc) is 2.83. The predicted molar refractivity (Wildman–Crippen MR) is 136 cm³/mol. The van der Waals surface area contributed by atoms with Crippen LogP contribution in [0.5, 0.6) is 5.75 Å². The van der Waals surface area contributed by atoms with E-state index in [4.69, 9.17) is 4.74 Å². The molecule has 2 amide bonds. The third-order valence-electron chi connectivity index (χ3n) is 5.68. The molecule has 0 spiro atoms. The fourth-order valence-corrected chi connectivity index (χ4v) is 3.84. The molecule has 2 aromatic carbocycles. The van der Waals surface area contributed by atoms with E-state index in [1.165, 1.54) is 0 Å². The van der Waals surface area contributed by atoms with Gasteiger partial charge in [0.05, 0.1) is 13.7 Å². The molecule has 3 aromatic rings. The van der Waals surface area contributed by atoms with Gasteiger partial charge in [-0.05, 0) is 52.8 Å². The number of nitrogens with one attached hydrogen (secondary N) is 1. The van der Waals surface area contributed by atoms with Crippen molar-refractivity contribution in [2.45, 2.75) is 52.5 Å². The Morgan fingerprint density at radius 3 is 2.09 bits per heavy atom. The zero-order valence-electron chi connectivity index (χ0n) is 20.5. The third-order valence-corrected chi connectivity index (χ3v) is 5.68. The molecule has 0 aliphatic heterocycles. The number of benzene rings is 2. The van der Waals surface area contributed by atoms with Crippen LogP contribution in [-0.4, -0.2) is 23.9 Å². The summed E-state index contributed by atoms with van der Waals surface area (Å²) in [5, 5.41) is 3.03. The van der Waals surface area contributed by atoms with Crippen LogP contribution in [0.15, 0.2) is 66.9 Å². The van der Waals surface area contributed by atoms with Crippen LogP contribution in [0.2, 0.25) is 0 Å². The molecule has 1 N–H and O–H groups in total. The van der Waals surface area contributed by atoms with E-state index in [9.17, 15) is 9.59 Å². The van der Waals surface area contributed by atoms with Gasteiger partial charge >= 0.3 is 0 Å². The van der Waals surface area contributed by atoms with E-state index in [-0.39, 0.29) is 30.1 Å². The van der Waals surface area contributed by atoms with Gasteiger partial charge in [0.1, 0.15) is 18.0 Å². The molecular formula is C28H33N3O3. The zero-order valence-corrected chi connectivity index (χ0v) is 20.5.